The first-order valence-corrected chi connectivity index (χ1v) is 23.4. The van der Waals surface area contributed by atoms with Gasteiger partial charge in [0.05, 0.1) is 22.4 Å². The molecular weight excluding hydrogens is 791 g/mol. The molecule has 2 aromatic heterocycles. The van der Waals surface area contributed by atoms with E-state index in [-0.39, 0.29) is 5.75 Å². The lowest BCUT2D eigenvalue weighted by Crippen LogP contribution is -2.08. The highest BCUT2D eigenvalue weighted by atomic mass is 16.3. The Bertz CT molecular complexity index is 3210. The van der Waals surface area contributed by atoms with Crippen LogP contribution in [0.15, 0.2) is 152 Å². The SMILES string of the molecule is Cc1cccc(C)c1-n1c(-c2ccc3c(n2)-c2c(O)cccc2CC3)nc2c(-c3ccccc3)c(-c3c(-c4ccccc4)cccc3-c3c(C(C)C)cc(C(C)C)cc3C(C)C)ccc21. The molecule has 0 aliphatic heterocycles. The topological polar surface area (TPSA) is 50.9 Å². The Balaban J connectivity index is 1.35. The maximum absolute atomic E-state index is 11.3. The number of hydrogen-bond acceptors (Lipinski definition) is 3. The number of hydrogen-bond donors (Lipinski definition) is 1. The van der Waals surface area contributed by atoms with E-state index < -0.39 is 0 Å². The molecule has 1 N–H and O–H groups in total. The molecule has 1 aliphatic rings. The highest BCUT2D eigenvalue weighted by Crippen LogP contribution is 2.50. The van der Waals surface area contributed by atoms with Crippen LogP contribution in [-0.4, -0.2) is 19.6 Å². The average molecular weight is 848 g/mol. The zero-order chi connectivity index (χ0) is 45.1. The van der Waals surface area contributed by atoms with Crippen molar-refractivity contribution in [3.63, 3.8) is 0 Å². The molecule has 322 valence electrons. The summed E-state index contributed by atoms with van der Waals surface area (Å²) in [6, 6.07) is 54.8. The van der Waals surface area contributed by atoms with E-state index in [1.165, 1.54) is 44.5 Å². The number of nitrogens with zero attached hydrogens (tertiary/aromatic N) is 3. The van der Waals surface area contributed by atoms with Gasteiger partial charge in [-0.15, -0.1) is 0 Å². The second-order valence-electron chi connectivity index (χ2n) is 18.9. The predicted octanol–water partition coefficient (Wildman–Crippen LogP) is 16.2. The van der Waals surface area contributed by atoms with Crippen LogP contribution in [0.2, 0.25) is 0 Å². The van der Waals surface area contributed by atoms with Crippen molar-refractivity contribution >= 4 is 11.0 Å². The molecule has 4 heteroatoms. The van der Waals surface area contributed by atoms with E-state index in [2.05, 4.69) is 199 Å². The molecule has 1 aliphatic carbocycles. The number of fused-ring (bicyclic) bond motifs is 4. The number of phenolic OH excluding ortho intramolecular Hbond substituents is 1. The Kier molecular flexibility index (Phi) is 10.9. The Morgan fingerprint density at radius 2 is 1.09 bits per heavy atom. The summed E-state index contributed by atoms with van der Waals surface area (Å²) in [5.74, 6) is 2.05. The lowest BCUT2D eigenvalue weighted by Gasteiger charge is -2.27. The van der Waals surface area contributed by atoms with Gasteiger partial charge in [-0.3, -0.25) is 4.57 Å². The van der Waals surface area contributed by atoms with Gasteiger partial charge in [-0.25, -0.2) is 9.97 Å². The number of aryl methyl sites for hydroxylation is 4. The van der Waals surface area contributed by atoms with Gasteiger partial charge in [0.1, 0.15) is 11.4 Å². The number of imidazole rings is 1. The van der Waals surface area contributed by atoms with Crippen molar-refractivity contribution in [3.8, 4) is 78.7 Å². The van der Waals surface area contributed by atoms with Gasteiger partial charge in [-0.1, -0.05) is 175 Å². The van der Waals surface area contributed by atoms with Crippen LogP contribution in [0.1, 0.15) is 98.2 Å². The molecule has 10 rings (SSSR count). The molecule has 0 atom stereocenters. The van der Waals surface area contributed by atoms with Gasteiger partial charge in [0.15, 0.2) is 5.82 Å². The maximum Gasteiger partial charge on any atom is 0.164 e. The Morgan fingerprint density at radius 3 is 1.75 bits per heavy atom. The largest absolute Gasteiger partial charge is 0.507 e. The molecular formula is C61H57N3O. The van der Waals surface area contributed by atoms with Crippen molar-refractivity contribution in [2.75, 3.05) is 0 Å². The number of benzene rings is 7. The van der Waals surface area contributed by atoms with Crippen molar-refractivity contribution in [3.05, 3.63) is 191 Å². The molecule has 0 amide bonds. The van der Waals surface area contributed by atoms with Gasteiger partial charge in [-0.2, -0.15) is 0 Å². The van der Waals surface area contributed by atoms with Crippen molar-refractivity contribution < 1.29 is 5.11 Å². The molecule has 4 nitrogen and oxygen atoms in total. The van der Waals surface area contributed by atoms with Crippen molar-refractivity contribution in [1.82, 2.24) is 14.5 Å². The lowest BCUT2D eigenvalue weighted by atomic mass is 9.77. The van der Waals surface area contributed by atoms with Crippen LogP contribution < -0.4 is 0 Å². The van der Waals surface area contributed by atoms with Crippen LogP contribution in [0, 0.1) is 13.8 Å². The molecule has 9 aromatic rings. The summed E-state index contributed by atoms with van der Waals surface area (Å²) in [5, 5.41) is 11.3. The van der Waals surface area contributed by atoms with Crippen LogP contribution in [0.3, 0.4) is 0 Å². The van der Waals surface area contributed by atoms with E-state index in [0.29, 0.717) is 17.8 Å². The molecule has 0 bridgehead atoms. The zero-order valence-electron chi connectivity index (χ0n) is 38.9. The average Bonchev–Trinajstić information content (AvgIpc) is 3.69. The minimum absolute atomic E-state index is 0.264. The molecule has 65 heavy (non-hydrogen) atoms. The Labute approximate surface area is 384 Å². The summed E-state index contributed by atoms with van der Waals surface area (Å²) in [6.07, 6.45) is 1.74. The van der Waals surface area contributed by atoms with Gasteiger partial charge in [0.2, 0.25) is 0 Å². The highest BCUT2D eigenvalue weighted by Gasteiger charge is 2.29. The normalized spacial score (nSPS) is 12.4. The summed E-state index contributed by atoms with van der Waals surface area (Å²) in [5.41, 5.74) is 23.5. The molecule has 0 saturated carbocycles. The quantitative estimate of drug-likeness (QED) is 0.157. The zero-order valence-corrected chi connectivity index (χ0v) is 38.9. The van der Waals surface area contributed by atoms with Crippen LogP contribution in [0.4, 0.5) is 0 Å². The third-order valence-electron chi connectivity index (χ3n) is 13.6. The third-order valence-corrected chi connectivity index (χ3v) is 13.6. The molecule has 0 radical (unpaired) electrons. The van der Waals surface area contributed by atoms with Gasteiger partial charge in [0, 0.05) is 11.1 Å². The van der Waals surface area contributed by atoms with E-state index in [0.717, 1.165) is 91.3 Å². The van der Waals surface area contributed by atoms with Crippen LogP contribution in [0.5, 0.6) is 5.75 Å². The molecule has 0 spiro atoms. The van der Waals surface area contributed by atoms with Crippen LogP contribution in [-0.2, 0) is 12.8 Å². The third kappa shape index (κ3) is 7.26. The highest BCUT2D eigenvalue weighted by molar-refractivity contribution is 6.08. The minimum atomic E-state index is 0.264. The van der Waals surface area contributed by atoms with E-state index in [4.69, 9.17) is 9.97 Å². The monoisotopic (exact) mass is 847 g/mol. The minimum Gasteiger partial charge on any atom is -0.507 e. The predicted molar refractivity (Wildman–Crippen MR) is 272 cm³/mol. The van der Waals surface area contributed by atoms with Gasteiger partial charge in [-0.05, 0) is 141 Å². The smallest absolute Gasteiger partial charge is 0.164 e. The maximum atomic E-state index is 11.3. The van der Waals surface area contributed by atoms with Gasteiger partial charge in [0.25, 0.3) is 0 Å². The summed E-state index contributed by atoms with van der Waals surface area (Å²) < 4.78 is 2.34. The van der Waals surface area contributed by atoms with E-state index in [1.807, 2.05) is 6.07 Å². The lowest BCUT2D eigenvalue weighted by molar-refractivity contribution is 0.476. The van der Waals surface area contributed by atoms with Crippen LogP contribution >= 0.6 is 0 Å². The second kappa shape index (κ2) is 16.8. The molecule has 0 fully saturated rings. The molecule has 0 unspecified atom stereocenters. The number of rotatable bonds is 9. The number of pyridine rings is 1. The number of aromatic hydroxyl groups is 1. The summed E-state index contributed by atoms with van der Waals surface area (Å²) in [4.78, 5) is 11.2. The van der Waals surface area contributed by atoms with E-state index >= 15 is 0 Å². The van der Waals surface area contributed by atoms with Crippen LogP contribution in [0.25, 0.3) is 84.0 Å². The fraction of sp³-hybridized carbons (Fsp3) is 0.213. The van der Waals surface area contributed by atoms with Crippen molar-refractivity contribution in [1.29, 1.82) is 0 Å². The van der Waals surface area contributed by atoms with Gasteiger partial charge >= 0.3 is 0 Å². The first-order chi connectivity index (χ1) is 31.5. The first-order valence-electron chi connectivity index (χ1n) is 23.4. The Hall–Kier alpha value is -7.04. The molecule has 0 saturated heterocycles. The van der Waals surface area contributed by atoms with E-state index in [9.17, 15) is 5.11 Å². The number of para-hydroxylation sites is 1. The van der Waals surface area contributed by atoms with E-state index in [1.54, 1.807) is 6.07 Å². The number of aromatic nitrogens is 3. The molecule has 2 heterocycles. The van der Waals surface area contributed by atoms with Crippen molar-refractivity contribution in [2.24, 2.45) is 0 Å². The summed E-state index contributed by atoms with van der Waals surface area (Å²) in [6.45, 7) is 18.3. The van der Waals surface area contributed by atoms with Gasteiger partial charge < -0.3 is 5.11 Å². The molecule has 7 aromatic carbocycles. The fourth-order valence-electron chi connectivity index (χ4n) is 10.3. The first kappa shape index (κ1) is 41.9. The second-order valence-corrected chi connectivity index (χ2v) is 18.9. The summed E-state index contributed by atoms with van der Waals surface area (Å²) >= 11 is 0. The standard InChI is InChI=1S/C61H57N3O/c1-36(2)45-34-49(37(3)4)57(50(35-45)38(5)6)47-26-17-25-46(41-20-11-9-12-21-41)56(47)48-31-33-52-59(54(48)42-22-13-10-14-23-42)63-61(64(52)60-39(7)18-15-19-40(60)8)51-32-30-44-29-28-43-24-16-27-53(65)55(43)58(44)62-51/h9-27,30-38,65H,28-29H2,1-8H3. The summed E-state index contributed by atoms with van der Waals surface area (Å²) in [7, 11) is 0. The Morgan fingerprint density at radius 1 is 0.492 bits per heavy atom. The van der Waals surface area contributed by atoms with Crippen molar-refractivity contribution in [2.45, 2.75) is 86.0 Å². The fourth-order valence-corrected chi connectivity index (χ4v) is 10.3. The number of phenols is 1.